The summed E-state index contributed by atoms with van der Waals surface area (Å²) in [5, 5.41) is 1.87. The number of hydrogen-bond acceptors (Lipinski definition) is 4. The monoisotopic (exact) mass is 458 g/mol. The summed E-state index contributed by atoms with van der Waals surface area (Å²) in [5.41, 5.74) is 7.61. The molecule has 2 aromatic rings. The molecule has 168 valence electrons. The molecule has 3 rings (SSSR count). The van der Waals surface area contributed by atoms with E-state index in [1.807, 2.05) is 17.1 Å². The maximum atomic E-state index is 13.7. The van der Waals surface area contributed by atoms with Gasteiger partial charge >= 0.3 is 6.18 Å². The van der Waals surface area contributed by atoms with Gasteiger partial charge in [-0.1, -0.05) is 17.7 Å². The second kappa shape index (κ2) is 8.27. The van der Waals surface area contributed by atoms with Crippen LogP contribution in [0.1, 0.15) is 36.3 Å². The average Bonchev–Trinajstić information content (AvgIpc) is 3.02. The zero-order valence-corrected chi connectivity index (χ0v) is 18.0. The van der Waals surface area contributed by atoms with Gasteiger partial charge in [0.05, 0.1) is 16.3 Å². The van der Waals surface area contributed by atoms with Crippen molar-refractivity contribution in [1.29, 1.82) is 0 Å². The Morgan fingerprint density at radius 1 is 1.39 bits per heavy atom. The van der Waals surface area contributed by atoms with E-state index in [4.69, 9.17) is 17.3 Å². The number of carbonyl (C=O) groups excluding carboxylic acids is 1. The molecule has 0 saturated carbocycles. The lowest BCUT2D eigenvalue weighted by Crippen LogP contribution is -2.44. The van der Waals surface area contributed by atoms with Crippen LogP contribution in [0.3, 0.4) is 0 Å². The van der Waals surface area contributed by atoms with Crippen LogP contribution in [-0.2, 0) is 0 Å². The molecule has 2 atom stereocenters. The smallest absolute Gasteiger partial charge is 0.368 e. The van der Waals surface area contributed by atoms with Gasteiger partial charge in [-0.3, -0.25) is 9.78 Å². The maximum absolute atomic E-state index is 13.7. The van der Waals surface area contributed by atoms with Crippen LogP contribution < -0.4 is 16.0 Å². The SMILES string of the molecule is Cc1ncc(C(=O)NC(C)C(F)(F)F)c(N2CC[C@](C)(N)C2)c1-c1ccc(F)c(Cl)c1. The van der Waals surface area contributed by atoms with Crippen molar-refractivity contribution in [1.82, 2.24) is 10.3 Å². The molecule has 0 spiro atoms. The van der Waals surface area contributed by atoms with Crippen molar-refractivity contribution in [2.45, 2.75) is 44.9 Å². The fourth-order valence-electron chi connectivity index (χ4n) is 3.62. The van der Waals surface area contributed by atoms with Crippen LogP contribution >= 0.6 is 11.6 Å². The van der Waals surface area contributed by atoms with E-state index in [1.54, 1.807) is 6.92 Å². The summed E-state index contributed by atoms with van der Waals surface area (Å²) < 4.78 is 52.8. The highest BCUT2D eigenvalue weighted by Crippen LogP contribution is 2.40. The molecule has 0 bridgehead atoms. The molecule has 1 aromatic heterocycles. The second-order valence-corrected chi connectivity index (χ2v) is 8.58. The topological polar surface area (TPSA) is 71.2 Å². The van der Waals surface area contributed by atoms with Crippen molar-refractivity contribution in [2.75, 3.05) is 18.0 Å². The molecule has 0 radical (unpaired) electrons. The number of pyridine rings is 1. The molecule has 5 nitrogen and oxygen atoms in total. The number of aromatic nitrogens is 1. The molecule has 1 aromatic carbocycles. The van der Waals surface area contributed by atoms with E-state index in [0.717, 1.165) is 6.92 Å². The summed E-state index contributed by atoms with van der Waals surface area (Å²) in [4.78, 5) is 18.9. The zero-order chi connectivity index (χ0) is 23.1. The number of hydrogen-bond donors (Lipinski definition) is 2. The minimum atomic E-state index is -4.59. The Balaban J connectivity index is 2.17. The second-order valence-electron chi connectivity index (χ2n) is 8.17. The first kappa shape index (κ1) is 23.3. The van der Waals surface area contributed by atoms with E-state index in [-0.39, 0.29) is 10.6 Å². The molecule has 1 aliphatic rings. The molecule has 1 aliphatic heterocycles. The van der Waals surface area contributed by atoms with Gasteiger partial charge in [0.2, 0.25) is 0 Å². The van der Waals surface area contributed by atoms with Crippen molar-refractivity contribution >= 4 is 23.2 Å². The van der Waals surface area contributed by atoms with Gasteiger partial charge in [0.1, 0.15) is 11.9 Å². The average molecular weight is 459 g/mol. The summed E-state index contributed by atoms with van der Waals surface area (Å²) in [7, 11) is 0. The van der Waals surface area contributed by atoms with Gasteiger partial charge in [-0.15, -0.1) is 0 Å². The van der Waals surface area contributed by atoms with E-state index in [0.29, 0.717) is 42.0 Å². The predicted octanol–water partition coefficient (Wildman–Crippen LogP) is 4.46. The van der Waals surface area contributed by atoms with Gasteiger partial charge in [0.25, 0.3) is 5.91 Å². The highest BCUT2D eigenvalue weighted by Gasteiger charge is 2.39. The number of halogens is 5. The number of amides is 1. The Morgan fingerprint density at radius 3 is 2.61 bits per heavy atom. The third-order valence-electron chi connectivity index (χ3n) is 5.35. The van der Waals surface area contributed by atoms with E-state index < -0.39 is 29.5 Å². The number of nitrogens with one attached hydrogen (secondary N) is 1. The van der Waals surface area contributed by atoms with Gasteiger partial charge in [0.15, 0.2) is 0 Å². The van der Waals surface area contributed by atoms with Crippen LogP contribution in [0.15, 0.2) is 24.4 Å². The number of nitrogens with zero attached hydrogens (tertiary/aromatic N) is 2. The minimum absolute atomic E-state index is 0.0187. The van der Waals surface area contributed by atoms with Gasteiger partial charge in [-0.2, -0.15) is 13.2 Å². The highest BCUT2D eigenvalue weighted by atomic mass is 35.5. The zero-order valence-electron chi connectivity index (χ0n) is 17.3. The van der Waals surface area contributed by atoms with Crippen LogP contribution in [0.5, 0.6) is 0 Å². The number of nitrogens with two attached hydrogens (primary N) is 1. The number of benzene rings is 1. The lowest BCUT2D eigenvalue weighted by molar-refractivity contribution is -0.149. The molecular formula is C21H23ClF4N4O. The van der Waals surface area contributed by atoms with Gasteiger partial charge in [0, 0.05) is 36.1 Å². The fraction of sp³-hybridized carbons (Fsp3) is 0.429. The lowest BCUT2D eigenvalue weighted by atomic mass is 9.97. The molecule has 31 heavy (non-hydrogen) atoms. The van der Waals surface area contributed by atoms with Crippen LogP contribution in [-0.4, -0.2) is 41.7 Å². The summed E-state index contributed by atoms with van der Waals surface area (Å²) in [5.74, 6) is -1.52. The van der Waals surface area contributed by atoms with Gasteiger partial charge in [-0.25, -0.2) is 4.39 Å². The van der Waals surface area contributed by atoms with Crippen molar-refractivity contribution in [3.05, 3.63) is 46.5 Å². The molecule has 2 heterocycles. The largest absolute Gasteiger partial charge is 0.408 e. The molecule has 0 aliphatic carbocycles. The quantitative estimate of drug-likeness (QED) is 0.664. The van der Waals surface area contributed by atoms with E-state index in [2.05, 4.69) is 4.98 Å². The first-order valence-electron chi connectivity index (χ1n) is 9.66. The normalized spacial score (nSPS) is 20.1. The third-order valence-corrected chi connectivity index (χ3v) is 5.64. The first-order valence-corrected chi connectivity index (χ1v) is 10.0. The van der Waals surface area contributed by atoms with Gasteiger partial charge < -0.3 is 16.0 Å². The summed E-state index contributed by atoms with van der Waals surface area (Å²) in [6, 6.07) is 2.04. The Hall–Kier alpha value is -2.39. The van der Waals surface area contributed by atoms with Crippen molar-refractivity contribution in [2.24, 2.45) is 5.73 Å². The van der Waals surface area contributed by atoms with Crippen molar-refractivity contribution in [3.8, 4) is 11.1 Å². The molecule has 3 N–H and O–H groups in total. The number of rotatable bonds is 4. The van der Waals surface area contributed by atoms with E-state index >= 15 is 0 Å². The molecular weight excluding hydrogens is 436 g/mol. The molecule has 1 amide bonds. The lowest BCUT2D eigenvalue weighted by Gasteiger charge is -2.28. The van der Waals surface area contributed by atoms with Crippen LogP contribution in [0.25, 0.3) is 11.1 Å². The summed E-state index contributed by atoms with van der Waals surface area (Å²) in [6.07, 6.45) is -2.72. The summed E-state index contributed by atoms with van der Waals surface area (Å²) >= 11 is 5.96. The fourth-order valence-corrected chi connectivity index (χ4v) is 3.80. The number of anilines is 1. The third kappa shape index (κ3) is 4.93. The Labute approximate surface area is 182 Å². The van der Waals surface area contributed by atoms with Crippen LogP contribution in [0.4, 0.5) is 23.2 Å². The first-order chi connectivity index (χ1) is 14.3. The Bertz CT molecular complexity index is 1010. The molecule has 1 fully saturated rings. The van der Waals surface area contributed by atoms with Crippen molar-refractivity contribution in [3.63, 3.8) is 0 Å². The maximum Gasteiger partial charge on any atom is 0.408 e. The number of alkyl halides is 3. The molecule has 10 heteroatoms. The Morgan fingerprint density at radius 2 is 2.06 bits per heavy atom. The number of aryl methyl sites for hydroxylation is 1. The summed E-state index contributed by atoms with van der Waals surface area (Å²) in [6.45, 7) is 5.31. The standard InChI is InChI=1S/C21H23ClF4N4O/c1-11-17(13-4-5-16(23)15(22)8-13)18(30-7-6-20(3,27)10-30)14(9-28-11)19(31)29-12(2)21(24,25)26/h4-5,8-9,12H,6-7,10,27H2,1-3H3,(H,29,31)/t12?,20-/m0/s1. The minimum Gasteiger partial charge on any atom is -0.368 e. The van der Waals surface area contributed by atoms with Gasteiger partial charge in [-0.05, 0) is 44.9 Å². The van der Waals surface area contributed by atoms with Crippen LogP contribution in [0, 0.1) is 12.7 Å². The van der Waals surface area contributed by atoms with E-state index in [9.17, 15) is 22.4 Å². The Kier molecular flexibility index (Phi) is 6.21. The predicted molar refractivity (Wildman–Crippen MR) is 112 cm³/mol. The number of carbonyl (C=O) groups is 1. The van der Waals surface area contributed by atoms with Crippen molar-refractivity contribution < 1.29 is 22.4 Å². The van der Waals surface area contributed by atoms with Crippen LogP contribution in [0.2, 0.25) is 5.02 Å². The molecule has 1 unspecified atom stereocenters. The van der Waals surface area contributed by atoms with E-state index in [1.165, 1.54) is 24.4 Å². The molecule has 1 saturated heterocycles. The highest BCUT2D eigenvalue weighted by molar-refractivity contribution is 6.31.